The number of hydrogen-bond acceptors (Lipinski definition) is 15. The average Bonchev–Trinajstić information content (AvgIpc) is 2.00. The third-order valence-electron chi connectivity index (χ3n) is 19.2. The second-order valence-electron chi connectivity index (χ2n) is 27.1. The number of piperazine rings is 1. The summed E-state index contributed by atoms with van der Waals surface area (Å²) in [5.74, 6) is 1.79. The van der Waals surface area contributed by atoms with Gasteiger partial charge in [-0.1, -0.05) is 51.1 Å². The highest BCUT2D eigenvalue weighted by Crippen LogP contribution is 2.33. The fraction of sp³-hybridized carbons (Fsp3) is 0.557. The highest BCUT2D eigenvalue weighted by Gasteiger charge is 2.45. The predicted octanol–water partition coefficient (Wildman–Crippen LogP) is 7.53. The Balaban J connectivity index is 0.601. The molecule has 7 heterocycles. The smallest absolute Gasteiger partial charge is 0.254 e. The number of aliphatic hydroxyl groups is 1. The number of amides is 5. The molecule has 0 saturated carbocycles. The number of carbonyl (C=O) groups excluding carboxylic acids is 5. The summed E-state index contributed by atoms with van der Waals surface area (Å²) in [5, 5.41) is 20.2. The maximum atomic E-state index is 14.3. The lowest BCUT2D eigenvalue weighted by molar-refractivity contribution is -0.144. The van der Waals surface area contributed by atoms with E-state index in [2.05, 4.69) is 46.6 Å². The normalized spacial score (nSPS) is 20.4. The molecular formula is C70H96N12O7S. The number of thiazole rings is 1. The summed E-state index contributed by atoms with van der Waals surface area (Å²) >= 11 is 1.59. The largest absolute Gasteiger partial charge is 0.457 e. The first-order chi connectivity index (χ1) is 43.3. The molecule has 0 aliphatic carbocycles. The average molecular weight is 1250 g/mol. The maximum Gasteiger partial charge on any atom is 0.254 e. The third kappa shape index (κ3) is 17.5. The molecule has 5 saturated heterocycles. The molecule has 10 rings (SSSR count). The summed E-state index contributed by atoms with van der Waals surface area (Å²) in [4.78, 5) is 94.5. The lowest BCUT2D eigenvalue weighted by atomic mass is 9.85. The van der Waals surface area contributed by atoms with Crippen LogP contribution >= 0.6 is 11.3 Å². The monoisotopic (exact) mass is 1250 g/mol. The fourth-order valence-electron chi connectivity index (χ4n) is 13.7. The van der Waals surface area contributed by atoms with Crippen LogP contribution in [0.3, 0.4) is 0 Å². The van der Waals surface area contributed by atoms with Gasteiger partial charge in [0, 0.05) is 121 Å². The van der Waals surface area contributed by atoms with E-state index in [-0.39, 0.29) is 55.1 Å². The second-order valence-corrected chi connectivity index (χ2v) is 27.9. The van der Waals surface area contributed by atoms with Gasteiger partial charge in [0.05, 0.1) is 34.8 Å². The molecule has 90 heavy (non-hydrogen) atoms. The van der Waals surface area contributed by atoms with Gasteiger partial charge in [0.15, 0.2) is 0 Å². The van der Waals surface area contributed by atoms with Crippen LogP contribution in [0, 0.1) is 24.2 Å². The van der Waals surface area contributed by atoms with Crippen LogP contribution in [0.15, 0.2) is 96.6 Å². The molecule has 3 aromatic carbocycles. The van der Waals surface area contributed by atoms with E-state index in [0.717, 1.165) is 163 Å². The van der Waals surface area contributed by atoms with Crippen molar-refractivity contribution >= 4 is 40.9 Å². The molecule has 0 spiro atoms. The Labute approximate surface area is 536 Å². The highest BCUT2D eigenvalue weighted by atomic mass is 32.1. The van der Waals surface area contributed by atoms with E-state index in [1.165, 1.54) is 4.90 Å². The van der Waals surface area contributed by atoms with E-state index in [1.807, 2.05) is 138 Å². The number of hydrogen-bond donors (Lipinski definition) is 4. The van der Waals surface area contributed by atoms with Crippen molar-refractivity contribution in [1.29, 1.82) is 0 Å². The number of nitrogens with one attached hydrogen (secondary N) is 3. The van der Waals surface area contributed by atoms with Crippen molar-refractivity contribution in [3.8, 4) is 21.9 Å². The number of pyridine rings is 1. The highest BCUT2D eigenvalue weighted by molar-refractivity contribution is 7.13. The molecule has 20 heteroatoms. The van der Waals surface area contributed by atoms with Gasteiger partial charge < -0.3 is 55.2 Å². The molecule has 0 unspecified atom stereocenters. The minimum absolute atomic E-state index is 0.0225. The maximum absolute atomic E-state index is 14.3. The van der Waals surface area contributed by atoms with Crippen molar-refractivity contribution in [3.05, 3.63) is 130 Å². The molecule has 0 radical (unpaired) electrons. The third-order valence-corrected chi connectivity index (χ3v) is 20.2. The van der Waals surface area contributed by atoms with Crippen LogP contribution in [0.4, 0.5) is 0 Å². The van der Waals surface area contributed by atoms with Crippen molar-refractivity contribution in [2.45, 2.75) is 116 Å². The summed E-state index contributed by atoms with van der Waals surface area (Å²) in [6.45, 7) is 23.6. The topological polar surface area (TPSA) is 199 Å². The van der Waals surface area contributed by atoms with Crippen LogP contribution in [0.25, 0.3) is 10.4 Å². The molecule has 4 N–H and O–H groups in total. The van der Waals surface area contributed by atoms with Gasteiger partial charge in [-0.3, -0.25) is 33.9 Å². The first kappa shape index (κ1) is 66.3. The number of β-amino-alcohol motifs (C(OH)–C–C–N with tert-alkyl or cyclic N) is 1. The van der Waals surface area contributed by atoms with Gasteiger partial charge in [-0.25, -0.2) is 4.98 Å². The van der Waals surface area contributed by atoms with Gasteiger partial charge in [0.1, 0.15) is 23.6 Å². The molecule has 4 atom stereocenters. The zero-order valence-corrected chi connectivity index (χ0v) is 54.9. The summed E-state index contributed by atoms with van der Waals surface area (Å²) in [7, 11) is 3.82. The van der Waals surface area contributed by atoms with Crippen LogP contribution in [0.1, 0.15) is 128 Å². The summed E-state index contributed by atoms with van der Waals surface area (Å²) < 4.78 is 6.22. The van der Waals surface area contributed by atoms with Gasteiger partial charge in [-0.05, 0) is 174 Å². The zero-order chi connectivity index (χ0) is 63.5. The van der Waals surface area contributed by atoms with Crippen molar-refractivity contribution in [1.82, 2.24) is 60.2 Å². The molecule has 19 nitrogen and oxygen atoms in total. The van der Waals surface area contributed by atoms with Crippen molar-refractivity contribution in [2.75, 3.05) is 119 Å². The second kappa shape index (κ2) is 30.6. The number of benzene rings is 3. The molecule has 5 fully saturated rings. The first-order valence-electron chi connectivity index (χ1n) is 32.8. The zero-order valence-electron chi connectivity index (χ0n) is 54.1. The van der Waals surface area contributed by atoms with Gasteiger partial charge in [-0.15, -0.1) is 11.3 Å². The Morgan fingerprint density at radius 3 is 2.06 bits per heavy atom. The van der Waals surface area contributed by atoms with Crippen LogP contribution in [0.2, 0.25) is 0 Å². The number of piperidine rings is 3. The minimum atomic E-state index is -0.885. The fourth-order valence-corrected chi connectivity index (χ4v) is 14.5. The quantitative estimate of drug-likeness (QED) is 0.0530. The lowest BCUT2D eigenvalue weighted by Crippen LogP contribution is -2.59. The minimum Gasteiger partial charge on any atom is -0.457 e. The number of carbonyl (C=O) groups is 5. The number of aryl methyl sites for hydroxylation is 1. The van der Waals surface area contributed by atoms with Crippen LogP contribution in [0.5, 0.6) is 11.5 Å². The molecule has 5 aromatic rings. The van der Waals surface area contributed by atoms with Crippen molar-refractivity contribution < 1.29 is 33.8 Å². The van der Waals surface area contributed by atoms with Gasteiger partial charge >= 0.3 is 0 Å². The lowest BCUT2D eigenvalue weighted by Gasteiger charge is -2.40. The Hall–Kier alpha value is -6.65. The Morgan fingerprint density at radius 1 is 0.744 bits per heavy atom. The SMILES string of the molecule is CNCCN1CCC(c2cc(CN(C)C(=O)c3cccc(Oc4ccc(C(=O)N5CCC(CN6CCC(CN7CCN(CC(=O)N[C@H](C(=O)N8C[C@H](O)C[C@H]8C(=O)N[C@@H](C)c8ccc(-c9scnc9C)cc8)C(C)(C)C)CC7)CC6)CC5)cc4)c3)ccn2)CC1. The van der Waals surface area contributed by atoms with E-state index in [4.69, 9.17) is 9.72 Å². The predicted molar refractivity (Wildman–Crippen MR) is 352 cm³/mol. The molecule has 2 aromatic heterocycles. The Bertz CT molecular complexity index is 3200. The number of aliphatic hydroxyl groups excluding tert-OH is 1. The standard InChI is InChI=1S/C70H96N12O7S/c1-48(53-11-13-55(14-12-53)64-49(2)73-47-90-64)74-66(85)62-41-58(83)45-82(62)69(88)65(70(3,4)5)75-63(84)46-80-37-35-79(36-38-80)44-50-20-28-78(29-21-50)43-51-22-32-81(33-23-51)68(87)56-15-17-59(18-16-56)89-60-10-8-9-57(40-60)67(86)76(7)42-52-19-26-72-61(39-52)54-24-30-77(31-25-54)34-27-71-6/h8-19,26,39-40,47-48,50-51,54,58,62,65,71,83H,20-25,27-38,41-46H2,1-7H3,(H,74,85)(H,75,84)/t48-,58+,62-,65+/m0/s1. The Kier molecular flexibility index (Phi) is 22.6. The summed E-state index contributed by atoms with van der Waals surface area (Å²) in [6.07, 6.45) is 7.61. The number of aromatic nitrogens is 2. The molecule has 5 aliphatic rings. The van der Waals surface area contributed by atoms with Crippen molar-refractivity contribution in [3.63, 3.8) is 0 Å². The molecule has 484 valence electrons. The molecule has 0 bridgehead atoms. The Morgan fingerprint density at radius 2 is 1.40 bits per heavy atom. The summed E-state index contributed by atoms with van der Waals surface area (Å²) in [5.41, 5.74) is 7.50. The molecule has 5 amide bonds. The van der Waals surface area contributed by atoms with E-state index in [0.29, 0.717) is 46.9 Å². The number of rotatable bonds is 22. The first-order valence-corrected chi connectivity index (χ1v) is 33.7. The molecule has 5 aliphatic heterocycles. The van der Waals surface area contributed by atoms with E-state index < -0.39 is 23.6 Å². The van der Waals surface area contributed by atoms with Crippen LogP contribution < -0.4 is 20.7 Å². The summed E-state index contributed by atoms with van der Waals surface area (Å²) in [6, 6.07) is 24.7. The van der Waals surface area contributed by atoms with Crippen LogP contribution in [-0.2, 0) is 20.9 Å². The number of ether oxygens (including phenoxy) is 1. The number of likely N-dealkylation sites (N-methyl/N-ethyl adjacent to an activating group) is 1. The number of likely N-dealkylation sites (tertiary alicyclic amines) is 4. The van der Waals surface area contributed by atoms with Gasteiger partial charge in [0.25, 0.3) is 11.8 Å². The van der Waals surface area contributed by atoms with Gasteiger partial charge in [0.2, 0.25) is 17.7 Å². The molecular weight excluding hydrogens is 1150 g/mol. The van der Waals surface area contributed by atoms with Crippen LogP contribution in [-0.4, -0.2) is 216 Å². The van der Waals surface area contributed by atoms with Gasteiger partial charge in [-0.2, -0.15) is 0 Å². The van der Waals surface area contributed by atoms with E-state index >= 15 is 0 Å². The van der Waals surface area contributed by atoms with Crippen molar-refractivity contribution in [2.24, 2.45) is 17.3 Å². The van der Waals surface area contributed by atoms with E-state index in [9.17, 15) is 29.1 Å². The van der Waals surface area contributed by atoms with E-state index in [1.54, 1.807) is 22.3 Å². The number of nitrogens with zero attached hydrogens (tertiary/aromatic N) is 9.